The molecular weight excluding hydrogens is 419 g/mol. The SMILES string of the molecule is C=CC(=O)OC1C2CC3C1OC(=C1C=C1)C3C2C(=C)OC(C(F)(F)F)C(F)(F)S. The Bertz CT molecular complexity index is 805. The van der Waals surface area contributed by atoms with Crippen molar-refractivity contribution in [1.29, 1.82) is 0 Å². The minimum atomic E-state index is -5.35. The minimum Gasteiger partial charge on any atom is -0.490 e. The van der Waals surface area contributed by atoms with Crippen molar-refractivity contribution in [2.45, 2.75) is 36.2 Å². The fourth-order valence-corrected chi connectivity index (χ4v) is 5.05. The van der Waals surface area contributed by atoms with Crippen molar-refractivity contribution in [2.24, 2.45) is 23.7 Å². The number of halogens is 5. The van der Waals surface area contributed by atoms with Crippen LogP contribution < -0.4 is 0 Å². The van der Waals surface area contributed by atoms with Gasteiger partial charge in [0.1, 0.15) is 18.0 Å². The summed E-state index contributed by atoms with van der Waals surface area (Å²) in [5.41, 5.74) is 0.795. The van der Waals surface area contributed by atoms with Crippen LogP contribution in [0, 0.1) is 23.7 Å². The van der Waals surface area contributed by atoms with Crippen molar-refractivity contribution >= 4 is 18.6 Å². The second kappa shape index (κ2) is 6.52. The Morgan fingerprint density at radius 3 is 2.45 bits per heavy atom. The van der Waals surface area contributed by atoms with Crippen molar-refractivity contribution in [1.82, 2.24) is 0 Å². The highest BCUT2D eigenvalue weighted by Gasteiger charge is 2.68. The molecule has 7 atom stereocenters. The maximum atomic E-state index is 13.5. The average molecular weight is 436 g/mol. The van der Waals surface area contributed by atoms with Crippen LogP contribution in [0.3, 0.4) is 0 Å². The van der Waals surface area contributed by atoms with Gasteiger partial charge in [0, 0.05) is 35.3 Å². The van der Waals surface area contributed by atoms with Crippen LogP contribution in [0.15, 0.2) is 48.5 Å². The first kappa shape index (κ1) is 20.3. The molecular formula is C19H17F5O4S. The van der Waals surface area contributed by atoms with Crippen LogP contribution in [0.25, 0.3) is 0 Å². The van der Waals surface area contributed by atoms with Gasteiger partial charge in [-0.25, -0.2) is 4.79 Å². The number of alkyl halides is 5. The topological polar surface area (TPSA) is 44.8 Å². The van der Waals surface area contributed by atoms with Gasteiger partial charge in [0.2, 0.25) is 0 Å². The summed E-state index contributed by atoms with van der Waals surface area (Å²) < 4.78 is 82.4. The van der Waals surface area contributed by atoms with Crippen LogP contribution in [-0.2, 0) is 19.0 Å². The van der Waals surface area contributed by atoms with Gasteiger partial charge >= 0.3 is 17.4 Å². The lowest BCUT2D eigenvalue weighted by Crippen LogP contribution is -2.46. The van der Waals surface area contributed by atoms with Crippen molar-refractivity contribution in [3.63, 3.8) is 0 Å². The predicted molar refractivity (Wildman–Crippen MR) is 93.7 cm³/mol. The maximum Gasteiger partial charge on any atom is 0.432 e. The lowest BCUT2D eigenvalue weighted by molar-refractivity contribution is -0.253. The number of hydrogen-bond acceptors (Lipinski definition) is 5. The number of ether oxygens (including phenoxy) is 3. The molecule has 1 aliphatic heterocycles. The quantitative estimate of drug-likeness (QED) is 0.223. The molecule has 4 rings (SSSR count). The molecule has 10 heteroatoms. The first-order valence-electron chi connectivity index (χ1n) is 8.87. The highest BCUT2D eigenvalue weighted by atomic mass is 32.1. The normalized spacial score (nSPS) is 35.4. The number of carbonyl (C=O) groups is 1. The van der Waals surface area contributed by atoms with E-state index in [-0.39, 0.29) is 11.8 Å². The minimum absolute atomic E-state index is 0.140. The molecule has 2 bridgehead atoms. The number of fused-ring (bicyclic) bond motifs is 1. The van der Waals surface area contributed by atoms with E-state index in [2.05, 4.69) is 30.5 Å². The molecule has 1 heterocycles. The molecule has 3 aliphatic carbocycles. The van der Waals surface area contributed by atoms with Gasteiger partial charge in [-0.15, -0.1) is 12.6 Å². The van der Waals surface area contributed by atoms with Gasteiger partial charge in [0.25, 0.3) is 6.10 Å². The lowest BCUT2D eigenvalue weighted by atomic mass is 9.76. The van der Waals surface area contributed by atoms with Crippen LogP contribution >= 0.6 is 12.6 Å². The Balaban J connectivity index is 1.63. The number of esters is 1. The van der Waals surface area contributed by atoms with E-state index in [0.29, 0.717) is 12.2 Å². The van der Waals surface area contributed by atoms with Crippen molar-refractivity contribution < 1.29 is 41.0 Å². The molecule has 4 nitrogen and oxygen atoms in total. The van der Waals surface area contributed by atoms with Crippen LogP contribution in [0.2, 0.25) is 0 Å². The van der Waals surface area contributed by atoms with E-state index in [1.807, 2.05) is 0 Å². The van der Waals surface area contributed by atoms with Gasteiger partial charge in [-0.05, 0) is 6.42 Å². The molecule has 2 saturated carbocycles. The zero-order chi connectivity index (χ0) is 21.3. The zero-order valence-corrected chi connectivity index (χ0v) is 15.8. The Morgan fingerprint density at radius 2 is 1.93 bits per heavy atom. The third-order valence-corrected chi connectivity index (χ3v) is 6.11. The summed E-state index contributed by atoms with van der Waals surface area (Å²) in [4.78, 5) is 11.7. The van der Waals surface area contributed by atoms with Crippen molar-refractivity contribution in [3.05, 3.63) is 48.5 Å². The van der Waals surface area contributed by atoms with Crippen LogP contribution in [0.1, 0.15) is 6.42 Å². The molecule has 1 saturated heterocycles. The standard InChI is InChI=1S/C19H17F5O4S/c1-3-11(25)27-15-9-6-10-13(14(8-4-5-8)28-16(10)15)12(9)7(2)26-17(18(20,21)22)19(23,24)29/h3-5,9-10,12-13,15-17,29H,1-2,6H2. The molecule has 0 amide bonds. The molecule has 4 aliphatic rings. The first-order chi connectivity index (χ1) is 13.4. The summed E-state index contributed by atoms with van der Waals surface area (Å²) in [6.07, 6.45) is -5.00. The summed E-state index contributed by atoms with van der Waals surface area (Å²) in [6.45, 7) is 6.87. The van der Waals surface area contributed by atoms with Gasteiger partial charge in [0.05, 0.1) is 5.76 Å². The molecule has 0 N–H and O–H groups in total. The number of thiol groups is 1. The summed E-state index contributed by atoms with van der Waals surface area (Å²) in [7, 11) is 0. The summed E-state index contributed by atoms with van der Waals surface area (Å²) in [5.74, 6) is -2.34. The largest absolute Gasteiger partial charge is 0.490 e. The smallest absolute Gasteiger partial charge is 0.432 e. The Hall–Kier alpha value is -1.97. The molecule has 0 aromatic rings. The third kappa shape index (κ3) is 3.35. The summed E-state index contributed by atoms with van der Waals surface area (Å²) in [5, 5.41) is -4.46. The van der Waals surface area contributed by atoms with Crippen molar-refractivity contribution in [3.8, 4) is 0 Å². The fourth-order valence-electron chi connectivity index (χ4n) is 4.85. The zero-order valence-electron chi connectivity index (χ0n) is 14.9. The second-order valence-corrected chi connectivity index (χ2v) is 8.15. The van der Waals surface area contributed by atoms with E-state index in [1.54, 1.807) is 12.2 Å². The molecule has 0 spiro atoms. The Morgan fingerprint density at radius 1 is 1.28 bits per heavy atom. The molecule has 0 aromatic heterocycles. The van der Waals surface area contributed by atoms with E-state index in [0.717, 1.165) is 11.6 Å². The first-order valence-corrected chi connectivity index (χ1v) is 9.32. The van der Waals surface area contributed by atoms with E-state index in [9.17, 15) is 26.7 Å². The third-order valence-electron chi connectivity index (χ3n) is 5.88. The van der Waals surface area contributed by atoms with Gasteiger partial charge in [-0.2, -0.15) is 22.0 Å². The highest BCUT2D eigenvalue weighted by Crippen LogP contribution is 2.64. The van der Waals surface area contributed by atoms with E-state index in [1.165, 1.54) is 0 Å². The van der Waals surface area contributed by atoms with Gasteiger partial charge in [-0.1, -0.05) is 25.3 Å². The maximum absolute atomic E-state index is 13.5. The van der Waals surface area contributed by atoms with Crippen LogP contribution in [0.5, 0.6) is 0 Å². The molecule has 29 heavy (non-hydrogen) atoms. The predicted octanol–water partition coefficient (Wildman–Crippen LogP) is 4.17. The van der Waals surface area contributed by atoms with Crippen molar-refractivity contribution in [2.75, 3.05) is 0 Å². The van der Waals surface area contributed by atoms with Gasteiger partial charge < -0.3 is 14.2 Å². The van der Waals surface area contributed by atoms with Crippen LogP contribution in [0.4, 0.5) is 22.0 Å². The Kier molecular flexibility index (Phi) is 4.56. The van der Waals surface area contributed by atoms with Gasteiger partial charge in [-0.3, -0.25) is 0 Å². The fraction of sp³-hybridized carbons (Fsp3) is 0.526. The van der Waals surface area contributed by atoms with Crippen LogP contribution in [-0.4, -0.2) is 35.7 Å². The second-order valence-electron chi connectivity index (χ2n) is 7.55. The number of hydrogen-bond donors (Lipinski definition) is 1. The average Bonchev–Trinajstić information content (AvgIpc) is 3.19. The summed E-state index contributed by atoms with van der Waals surface area (Å²) >= 11 is 2.76. The monoisotopic (exact) mass is 436 g/mol. The molecule has 7 unspecified atom stereocenters. The Labute approximate surface area is 168 Å². The highest BCUT2D eigenvalue weighted by molar-refractivity contribution is 7.81. The molecule has 0 aromatic carbocycles. The molecule has 3 fully saturated rings. The summed E-state index contributed by atoms with van der Waals surface area (Å²) in [6, 6.07) is 0. The number of carbonyl (C=O) groups excluding carboxylic acids is 1. The molecule has 158 valence electrons. The lowest BCUT2D eigenvalue weighted by Gasteiger charge is -2.35. The van der Waals surface area contributed by atoms with E-state index < -0.39 is 53.3 Å². The number of allylic oxidation sites excluding steroid dienone is 5. The van der Waals surface area contributed by atoms with E-state index in [4.69, 9.17) is 9.47 Å². The molecule has 0 radical (unpaired) electrons. The van der Waals surface area contributed by atoms with Gasteiger partial charge in [0.15, 0.2) is 0 Å². The number of rotatable bonds is 6. The van der Waals surface area contributed by atoms with E-state index >= 15 is 0 Å².